The highest BCUT2D eigenvalue weighted by atomic mass is 19.4. The van der Waals surface area contributed by atoms with Gasteiger partial charge in [-0.15, -0.1) is 0 Å². The van der Waals surface area contributed by atoms with Gasteiger partial charge in [-0.1, -0.05) is 12.1 Å². The maximum absolute atomic E-state index is 12.2. The molecule has 7 heteroatoms. The summed E-state index contributed by atoms with van der Waals surface area (Å²) in [6, 6.07) is 3.78. The summed E-state index contributed by atoms with van der Waals surface area (Å²) in [6.45, 7) is 0. The van der Waals surface area contributed by atoms with Crippen LogP contribution in [0, 0.1) is 0 Å². The molecule has 0 atom stereocenters. The van der Waals surface area contributed by atoms with Gasteiger partial charge in [0.05, 0.1) is 12.0 Å². The summed E-state index contributed by atoms with van der Waals surface area (Å²) in [4.78, 5) is 11.2. The van der Waals surface area contributed by atoms with E-state index in [2.05, 4.69) is 0 Å². The lowest BCUT2D eigenvalue weighted by molar-refractivity contribution is -0.143. The number of rotatable bonds is 4. The van der Waals surface area contributed by atoms with E-state index in [4.69, 9.17) is 0 Å². The Kier molecular flexibility index (Phi) is 4.60. The van der Waals surface area contributed by atoms with E-state index in [9.17, 15) is 31.1 Å². The van der Waals surface area contributed by atoms with Crippen LogP contribution < -0.4 is 0 Å². The molecule has 0 aromatic heterocycles. The van der Waals surface area contributed by atoms with Crippen molar-refractivity contribution in [3.8, 4) is 0 Å². The Labute approximate surface area is 105 Å². The Balaban J connectivity index is 2.56. The Hall–Kier alpha value is -1.53. The molecule has 1 nitrogen and oxygen atoms in total. The highest BCUT2D eigenvalue weighted by Crippen LogP contribution is 2.29. The number of carbonyl (C=O) groups excluding carboxylic acids is 1. The van der Waals surface area contributed by atoms with Gasteiger partial charge < -0.3 is 0 Å². The van der Waals surface area contributed by atoms with E-state index in [0.29, 0.717) is 0 Å². The molecule has 0 aliphatic heterocycles. The fourth-order valence-corrected chi connectivity index (χ4v) is 1.41. The Morgan fingerprint density at radius 1 is 0.947 bits per heavy atom. The molecule has 0 aliphatic carbocycles. The second-order valence-electron chi connectivity index (χ2n) is 4.03. The number of benzene rings is 1. The van der Waals surface area contributed by atoms with Crippen molar-refractivity contribution >= 4 is 5.78 Å². The van der Waals surface area contributed by atoms with Crippen LogP contribution in [0.1, 0.15) is 24.0 Å². The number of hydrogen-bond donors (Lipinski definition) is 0. The molecule has 0 aliphatic rings. The second kappa shape index (κ2) is 5.63. The highest BCUT2D eigenvalue weighted by molar-refractivity contribution is 5.80. The van der Waals surface area contributed by atoms with E-state index in [0.717, 1.165) is 24.3 Å². The van der Waals surface area contributed by atoms with Gasteiger partial charge in [-0.2, -0.15) is 26.3 Å². The minimum atomic E-state index is -4.47. The topological polar surface area (TPSA) is 17.1 Å². The van der Waals surface area contributed by atoms with Gasteiger partial charge in [0.25, 0.3) is 0 Å². The Morgan fingerprint density at radius 2 is 1.47 bits per heavy atom. The third kappa shape index (κ3) is 5.76. The van der Waals surface area contributed by atoms with Crippen molar-refractivity contribution in [3.63, 3.8) is 0 Å². The molecule has 106 valence electrons. The minimum absolute atomic E-state index is 0.264. The number of carbonyl (C=O) groups is 1. The molecule has 0 radical (unpaired) electrons. The van der Waals surface area contributed by atoms with Crippen LogP contribution >= 0.6 is 0 Å². The highest BCUT2D eigenvalue weighted by Gasteiger charge is 2.30. The van der Waals surface area contributed by atoms with Crippen molar-refractivity contribution in [2.45, 2.75) is 31.6 Å². The Bertz CT molecular complexity index is 429. The van der Waals surface area contributed by atoms with Crippen molar-refractivity contribution < 1.29 is 31.1 Å². The van der Waals surface area contributed by atoms with Crippen molar-refractivity contribution in [2.75, 3.05) is 0 Å². The molecule has 1 aromatic carbocycles. The fraction of sp³-hybridized carbons (Fsp3) is 0.417. The summed E-state index contributed by atoms with van der Waals surface area (Å²) in [5.74, 6) is -0.655. The first-order valence-electron chi connectivity index (χ1n) is 5.32. The van der Waals surface area contributed by atoms with Crippen LogP contribution in [0.25, 0.3) is 0 Å². The predicted octanol–water partition coefficient (Wildman–Crippen LogP) is 4.16. The molecule has 19 heavy (non-hydrogen) atoms. The molecule has 1 aromatic rings. The minimum Gasteiger partial charge on any atom is -0.299 e. The first-order chi connectivity index (χ1) is 8.58. The number of hydrogen-bond acceptors (Lipinski definition) is 1. The van der Waals surface area contributed by atoms with E-state index in [-0.39, 0.29) is 12.0 Å². The number of halogens is 6. The molecule has 0 N–H and O–H groups in total. The molecular weight excluding hydrogens is 274 g/mol. The van der Waals surface area contributed by atoms with Gasteiger partial charge in [0, 0.05) is 12.8 Å². The van der Waals surface area contributed by atoms with E-state index < -0.39 is 36.5 Å². The normalized spacial score (nSPS) is 12.5. The Morgan fingerprint density at radius 3 is 1.89 bits per heavy atom. The second-order valence-corrected chi connectivity index (χ2v) is 4.03. The lowest BCUT2D eigenvalue weighted by Gasteiger charge is -2.08. The molecule has 1 rings (SSSR count). The average Bonchev–Trinajstić information content (AvgIpc) is 2.25. The van der Waals surface area contributed by atoms with Crippen molar-refractivity contribution in [2.24, 2.45) is 0 Å². The molecule has 0 saturated heterocycles. The van der Waals surface area contributed by atoms with Crippen molar-refractivity contribution in [3.05, 3.63) is 35.4 Å². The molecule has 0 saturated carbocycles. The van der Waals surface area contributed by atoms with Gasteiger partial charge in [-0.05, 0) is 17.7 Å². The van der Waals surface area contributed by atoms with Crippen LogP contribution in [0.2, 0.25) is 0 Å². The van der Waals surface area contributed by atoms with Crippen LogP contribution in [0.4, 0.5) is 26.3 Å². The molecule has 0 unspecified atom stereocenters. The van der Waals surface area contributed by atoms with Crippen LogP contribution in [0.15, 0.2) is 24.3 Å². The zero-order chi connectivity index (χ0) is 14.7. The summed E-state index contributed by atoms with van der Waals surface area (Å²) in [5.41, 5.74) is -0.598. The SMILES string of the molecule is O=C(CCC(F)(F)F)Cc1ccc(C(F)(F)F)cc1. The summed E-state index contributed by atoms with van der Waals surface area (Å²) in [5, 5.41) is 0. The molecule has 0 fully saturated rings. The van der Waals surface area contributed by atoms with E-state index in [1.165, 1.54) is 0 Å². The maximum atomic E-state index is 12.2. The van der Waals surface area contributed by atoms with Crippen LogP contribution in [0.5, 0.6) is 0 Å². The van der Waals surface area contributed by atoms with Gasteiger partial charge in [-0.25, -0.2) is 0 Å². The van der Waals surface area contributed by atoms with Gasteiger partial charge in [0.2, 0.25) is 0 Å². The molecular formula is C12H10F6O. The summed E-state index contributed by atoms with van der Waals surface area (Å²) in [6.07, 6.45) is -11.1. The third-order valence-corrected chi connectivity index (χ3v) is 2.37. The van der Waals surface area contributed by atoms with E-state index >= 15 is 0 Å². The molecule has 0 spiro atoms. The monoisotopic (exact) mass is 284 g/mol. The smallest absolute Gasteiger partial charge is 0.299 e. The first-order valence-corrected chi connectivity index (χ1v) is 5.32. The van der Waals surface area contributed by atoms with Gasteiger partial charge in [0.15, 0.2) is 0 Å². The van der Waals surface area contributed by atoms with Crippen LogP contribution in [-0.4, -0.2) is 12.0 Å². The van der Waals surface area contributed by atoms with E-state index in [1.807, 2.05) is 0 Å². The summed E-state index contributed by atoms with van der Waals surface area (Å²) >= 11 is 0. The largest absolute Gasteiger partial charge is 0.416 e. The first kappa shape index (κ1) is 15.5. The van der Waals surface area contributed by atoms with E-state index in [1.54, 1.807) is 0 Å². The van der Waals surface area contributed by atoms with Gasteiger partial charge in [0.1, 0.15) is 5.78 Å². The lowest BCUT2D eigenvalue weighted by Crippen LogP contribution is -2.12. The zero-order valence-electron chi connectivity index (χ0n) is 9.61. The quantitative estimate of drug-likeness (QED) is 0.759. The molecule has 0 amide bonds. The molecule has 0 heterocycles. The number of alkyl halides is 6. The summed E-state index contributed by atoms with van der Waals surface area (Å²) < 4.78 is 72.3. The lowest BCUT2D eigenvalue weighted by atomic mass is 10.0. The average molecular weight is 284 g/mol. The summed E-state index contributed by atoms with van der Waals surface area (Å²) in [7, 11) is 0. The number of ketones is 1. The van der Waals surface area contributed by atoms with Crippen LogP contribution in [-0.2, 0) is 17.4 Å². The van der Waals surface area contributed by atoms with Crippen LogP contribution in [0.3, 0.4) is 0 Å². The zero-order valence-corrected chi connectivity index (χ0v) is 9.61. The van der Waals surface area contributed by atoms with Crippen molar-refractivity contribution in [1.82, 2.24) is 0 Å². The maximum Gasteiger partial charge on any atom is 0.416 e. The fourth-order valence-electron chi connectivity index (χ4n) is 1.41. The standard InChI is InChI=1S/C12H10F6O/c13-11(14,15)6-5-10(19)7-8-1-3-9(4-2-8)12(16,17)18/h1-4H,5-7H2. The van der Waals surface area contributed by atoms with Gasteiger partial charge >= 0.3 is 12.4 Å². The third-order valence-electron chi connectivity index (χ3n) is 2.37. The predicted molar refractivity (Wildman–Crippen MR) is 55.4 cm³/mol. The molecule has 0 bridgehead atoms. The van der Waals surface area contributed by atoms with Gasteiger partial charge in [-0.3, -0.25) is 4.79 Å². The van der Waals surface area contributed by atoms with Crippen molar-refractivity contribution in [1.29, 1.82) is 0 Å². The number of Topliss-reactive ketones (excluding diaryl/α,β-unsaturated/α-hetero) is 1.